The van der Waals surface area contributed by atoms with Crippen LogP contribution >= 0.6 is 31.4 Å². The molecule has 0 aliphatic heterocycles. The van der Waals surface area contributed by atoms with Crippen LogP contribution in [0, 0.1) is 0 Å². The second-order valence-corrected chi connectivity index (χ2v) is 0. The summed E-state index contributed by atoms with van der Waals surface area (Å²) in [4.78, 5) is 0. The summed E-state index contributed by atoms with van der Waals surface area (Å²) >= 11 is 3.78. The maximum absolute atomic E-state index is 3.78. The summed E-state index contributed by atoms with van der Waals surface area (Å²) in [7, 11) is 3.11. The minimum atomic E-state index is 0. The van der Waals surface area contributed by atoms with E-state index in [2.05, 4.69) is 19.8 Å². The standard InChI is InChI=1S/Cu.In.PS.P.S/c;;1-2;;. The molecule has 6 heteroatoms. The van der Waals surface area contributed by atoms with Crippen molar-refractivity contribution in [1.29, 1.82) is 0 Å². The minimum absolute atomic E-state index is 0. The van der Waals surface area contributed by atoms with E-state index in [-0.39, 0.29) is 66.3 Å². The van der Waals surface area contributed by atoms with Crippen LogP contribution in [-0.4, -0.2) is 25.8 Å². The van der Waals surface area contributed by atoms with Crippen LogP contribution in [-0.2, 0) is 28.9 Å². The van der Waals surface area contributed by atoms with Crippen LogP contribution in [0.1, 0.15) is 0 Å². The monoisotopic (exact) mass is 304 g/mol. The van der Waals surface area contributed by atoms with Gasteiger partial charge in [0, 0.05) is 74.3 Å². The molecule has 0 aliphatic carbocycles. The number of hydrogen-bond acceptors (Lipinski definition) is 1. The molecule has 0 rings (SSSR count). The maximum Gasteiger partial charge on any atom is 0.0464 e. The van der Waals surface area contributed by atoms with E-state index in [1.54, 1.807) is 0 Å². The largest absolute Gasteiger partial charge is 0.0464 e. The smallest absolute Gasteiger partial charge is 0.0464 e. The van der Waals surface area contributed by atoms with Gasteiger partial charge in [-0.3, -0.25) is 0 Å². The Hall–Kier alpha value is 2.69. The fraction of sp³-hybridized carbons (Fsp3) is 0. The van der Waals surface area contributed by atoms with Crippen LogP contribution in [0.2, 0.25) is 0 Å². The Bertz CT molecular complexity index is 11.5. The molecular weight excluding hydrogens is 304 g/mol. The van der Waals surface area contributed by atoms with Gasteiger partial charge in [0.05, 0.1) is 0 Å². The van der Waals surface area contributed by atoms with E-state index in [0.717, 1.165) is 0 Å². The number of hydrogen-bond donors (Lipinski definition) is 0. The molecule has 0 atom stereocenters. The van der Waals surface area contributed by atoms with Crippen molar-refractivity contribution >= 4 is 69.1 Å². The second-order valence-electron chi connectivity index (χ2n) is 0. The normalized spacial score (nSPS) is 0.667. The van der Waals surface area contributed by atoms with Gasteiger partial charge in [-0.1, -0.05) is 0 Å². The van der Waals surface area contributed by atoms with E-state index in [9.17, 15) is 0 Å². The predicted octanol–water partition coefficient (Wildman–Crippen LogP) is 1.98. The minimum Gasteiger partial charge on any atom is -0.0464 e. The molecule has 0 unspecified atom stereocenters. The van der Waals surface area contributed by atoms with E-state index >= 15 is 0 Å². The molecule has 0 fully saturated rings. The van der Waals surface area contributed by atoms with Crippen LogP contribution in [0.25, 0.3) is 0 Å². The molecule has 0 nitrogen and oxygen atoms in total. The van der Waals surface area contributed by atoms with E-state index in [0.29, 0.717) is 0 Å². The summed E-state index contributed by atoms with van der Waals surface area (Å²) in [6.45, 7) is 0. The summed E-state index contributed by atoms with van der Waals surface area (Å²) in [5, 5.41) is 0. The molecule has 0 aromatic carbocycles. The molecule has 0 N–H and O–H groups in total. The van der Waals surface area contributed by atoms with Crippen molar-refractivity contribution in [2.24, 2.45) is 0 Å². The third kappa shape index (κ3) is 29.9. The van der Waals surface area contributed by atoms with Gasteiger partial charge in [-0.2, -0.15) is 0 Å². The molecule has 10 radical (unpaired) electrons. The Kier molecular flexibility index (Phi) is 299. The van der Waals surface area contributed by atoms with E-state index in [1.165, 1.54) is 0 Å². The van der Waals surface area contributed by atoms with Gasteiger partial charge in [0.1, 0.15) is 0 Å². The zero-order chi connectivity index (χ0) is 2.00. The third-order valence-corrected chi connectivity index (χ3v) is 0. The van der Waals surface area contributed by atoms with Crippen LogP contribution in [0.5, 0.6) is 0 Å². The van der Waals surface area contributed by atoms with Gasteiger partial charge < -0.3 is 0 Å². The molecular formula is CuInP2S2. The summed E-state index contributed by atoms with van der Waals surface area (Å²) < 4.78 is 0. The third-order valence-electron chi connectivity index (χ3n) is 0. The molecule has 36 valence electrons. The Morgan fingerprint density at radius 1 is 1.17 bits per heavy atom. The van der Waals surface area contributed by atoms with Crippen molar-refractivity contribution in [1.82, 2.24) is 0 Å². The first-order valence-electron chi connectivity index (χ1n) is 0.183. The fourth-order valence-corrected chi connectivity index (χ4v) is 0. The SMILES string of the molecule is [Cu].[In].[P].[P]=S.[S]. The topological polar surface area (TPSA) is 0 Å². The van der Waals surface area contributed by atoms with Crippen LogP contribution in [0.3, 0.4) is 0 Å². The van der Waals surface area contributed by atoms with Gasteiger partial charge >= 0.3 is 0 Å². The Morgan fingerprint density at radius 3 is 1.17 bits per heavy atom. The second kappa shape index (κ2) is 47.6. The van der Waals surface area contributed by atoms with Crippen molar-refractivity contribution < 1.29 is 17.1 Å². The number of rotatable bonds is 0. The first-order valence-corrected chi connectivity index (χ1v) is 1.64. The van der Waals surface area contributed by atoms with Crippen molar-refractivity contribution in [3.63, 3.8) is 0 Å². The molecule has 0 saturated carbocycles. The summed E-state index contributed by atoms with van der Waals surface area (Å²) in [6, 6.07) is 0. The zero-order valence-corrected chi connectivity index (χ0v) is 10.2. The molecule has 0 amide bonds. The van der Waals surface area contributed by atoms with Crippen molar-refractivity contribution in [3.8, 4) is 0 Å². The average molecular weight is 304 g/mol. The average Bonchev–Trinajstić information content (AvgIpc) is 1.00. The molecule has 0 saturated heterocycles. The Balaban J connectivity index is -0.000000000833. The van der Waals surface area contributed by atoms with Crippen LogP contribution in [0.4, 0.5) is 0 Å². The molecule has 0 heterocycles. The van der Waals surface area contributed by atoms with Crippen LogP contribution < -0.4 is 0 Å². The molecule has 0 spiro atoms. The molecule has 0 aromatic heterocycles. The maximum atomic E-state index is 3.78. The van der Waals surface area contributed by atoms with Crippen molar-refractivity contribution in [2.75, 3.05) is 0 Å². The van der Waals surface area contributed by atoms with Crippen molar-refractivity contribution in [2.45, 2.75) is 0 Å². The zero-order valence-electron chi connectivity index (χ0n) is 2.59. The fourth-order valence-electron chi connectivity index (χ4n) is 0. The van der Waals surface area contributed by atoms with Crippen LogP contribution in [0.15, 0.2) is 0 Å². The first kappa shape index (κ1) is 37.7. The van der Waals surface area contributed by atoms with Crippen molar-refractivity contribution in [3.05, 3.63) is 0 Å². The molecule has 6 heavy (non-hydrogen) atoms. The van der Waals surface area contributed by atoms with Gasteiger partial charge in [-0.05, 0) is 11.8 Å². The summed E-state index contributed by atoms with van der Waals surface area (Å²) in [5.74, 6) is 0. The Morgan fingerprint density at radius 2 is 1.17 bits per heavy atom. The first-order chi connectivity index (χ1) is 1.00. The Labute approximate surface area is 85.2 Å². The molecule has 0 aliphatic rings. The molecule has 0 aromatic rings. The van der Waals surface area contributed by atoms with E-state index in [1.807, 2.05) is 0 Å². The van der Waals surface area contributed by atoms with Gasteiger partial charge in [0.15, 0.2) is 0 Å². The van der Waals surface area contributed by atoms with E-state index in [4.69, 9.17) is 0 Å². The summed E-state index contributed by atoms with van der Waals surface area (Å²) in [6.07, 6.45) is 0. The van der Waals surface area contributed by atoms with Gasteiger partial charge in [-0.15, -0.1) is 0 Å². The van der Waals surface area contributed by atoms with Gasteiger partial charge in [0.25, 0.3) is 0 Å². The van der Waals surface area contributed by atoms with Gasteiger partial charge in [0.2, 0.25) is 0 Å². The summed E-state index contributed by atoms with van der Waals surface area (Å²) in [5.41, 5.74) is 0. The van der Waals surface area contributed by atoms with E-state index < -0.39 is 0 Å². The predicted molar refractivity (Wildman–Crippen MR) is 34.6 cm³/mol. The molecule has 0 bridgehead atoms. The van der Waals surface area contributed by atoms with Gasteiger partial charge in [-0.25, -0.2) is 0 Å². The quantitative estimate of drug-likeness (QED) is 0.487.